The second-order valence-electron chi connectivity index (χ2n) is 21.6. The average Bonchev–Trinajstić information content (AvgIpc) is 1.45. The highest BCUT2D eigenvalue weighted by Gasteiger charge is 2.50. The number of pyridine rings is 2. The number of esters is 2. The lowest BCUT2D eigenvalue weighted by Gasteiger charge is -2.35. The van der Waals surface area contributed by atoms with Crippen molar-refractivity contribution in [2.45, 2.75) is 115 Å². The summed E-state index contributed by atoms with van der Waals surface area (Å²) in [5, 5.41) is 32.0. The van der Waals surface area contributed by atoms with Gasteiger partial charge >= 0.3 is 24.0 Å². The van der Waals surface area contributed by atoms with Gasteiger partial charge in [0.05, 0.1) is 40.0 Å². The van der Waals surface area contributed by atoms with Crippen molar-refractivity contribution in [2.24, 2.45) is 5.92 Å². The lowest BCUT2D eigenvalue weighted by Crippen LogP contribution is -2.57. The molecule has 6 amide bonds. The predicted molar refractivity (Wildman–Crippen MR) is 321 cm³/mol. The Labute approximate surface area is 500 Å². The van der Waals surface area contributed by atoms with E-state index in [1.54, 1.807) is 43.5 Å². The van der Waals surface area contributed by atoms with E-state index >= 15 is 0 Å². The van der Waals surface area contributed by atoms with E-state index in [1.807, 2.05) is 37.3 Å². The molecule has 9 rings (SSSR count). The molecule has 0 bridgehead atoms. The number of unbranched alkanes of at least 4 members (excludes halogenated alkanes) is 1. The Kier molecular flexibility index (Phi) is 18.4. The van der Waals surface area contributed by atoms with Crippen LogP contribution in [0.25, 0.3) is 22.3 Å². The standard InChI is InChI=1S/C60H65N11O13S2/c1-6-7-24-61-57(79)64-40-15-11-17-42(28-40)86(81,82)69-41-16-10-14-36(27-41)46(30-49(72)73)67-58(80)63-38-20-22-39(23-21-38)65-59(85)62-34(4)53(75)70-25-12-19-47(70)52(74)68-50(33(2)3)55(77)84-60(5)44-29-48-51-37(26-35-13-8-9-18-45(35)66-51)31-71(48)54(76)43(44)32-83-56(60)78/h8-11,13-18,20-23,26-29,33-34,46-47,50,69H,6-7,12,19,24-25,30-32H2,1-5H3,(H,68,74)(H,72,73)(H2,61,64,79)(H2,62,65,85)(H2,63,67,80)/p-1/t34-,46?,47-,50-,60-/m0/s1. The number of carbonyl (C=O) groups excluding carboxylic acids is 7. The van der Waals surface area contributed by atoms with Crippen molar-refractivity contribution in [3.05, 3.63) is 142 Å². The normalized spacial score (nSPS) is 16.9. The number of aromatic nitrogens is 2. The molecule has 0 saturated carbocycles. The molecule has 1 unspecified atom stereocenters. The molecule has 6 aromatic rings. The van der Waals surface area contributed by atoms with Crippen LogP contribution in [0.15, 0.2) is 119 Å². The highest BCUT2D eigenvalue weighted by atomic mass is 32.2. The van der Waals surface area contributed by atoms with Gasteiger partial charge in [0.15, 0.2) is 5.11 Å². The van der Waals surface area contributed by atoms with Gasteiger partial charge in [-0.05, 0) is 130 Å². The number of rotatable bonds is 20. The third-order valence-electron chi connectivity index (χ3n) is 14.9. The maximum absolute atomic E-state index is 14.2. The van der Waals surface area contributed by atoms with E-state index in [2.05, 4.69) is 41.9 Å². The van der Waals surface area contributed by atoms with E-state index in [0.29, 0.717) is 41.2 Å². The number of nitrogens with one attached hydrogen (secondary N) is 8. The van der Waals surface area contributed by atoms with Crippen LogP contribution in [0.5, 0.6) is 0 Å². The average molecular weight is 1210 g/mol. The summed E-state index contributed by atoms with van der Waals surface area (Å²) in [6.07, 6.45) is 1.76. The van der Waals surface area contributed by atoms with Crippen LogP contribution in [-0.2, 0) is 62.2 Å². The van der Waals surface area contributed by atoms with Crippen LogP contribution >= 0.6 is 12.2 Å². The van der Waals surface area contributed by atoms with Gasteiger partial charge in [0, 0.05) is 64.7 Å². The highest BCUT2D eigenvalue weighted by molar-refractivity contribution is 7.92. The van der Waals surface area contributed by atoms with Gasteiger partial charge in [0.2, 0.25) is 17.4 Å². The zero-order valence-electron chi connectivity index (χ0n) is 47.6. The van der Waals surface area contributed by atoms with Gasteiger partial charge < -0.3 is 66.1 Å². The topological polar surface area (TPSA) is 330 Å². The Bertz CT molecular complexity index is 3860. The maximum atomic E-state index is 14.2. The minimum Gasteiger partial charge on any atom is -0.550 e. The molecule has 5 heterocycles. The molecule has 0 spiro atoms. The summed E-state index contributed by atoms with van der Waals surface area (Å²) in [7, 11) is -4.21. The van der Waals surface area contributed by atoms with Crippen molar-refractivity contribution in [1.82, 2.24) is 35.7 Å². The summed E-state index contributed by atoms with van der Waals surface area (Å²) in [6.45, 7) is 8.89. The molecule has 8 N–H and O–H groups in total. The third-order valence-corrected chi connectivity index (χ3v) is 16.5. The summed E-state index contributed by atoms with van der Waals surface area (Å²) < 4.78 is 42.3. The quantitative estimate of drug-likeness (QED) is 0.0266. The number of carboxylic acids is 1. The van der Waals surface area contributed by atoms with Crippen molar-refractivity contribution in [2.75, 3.05) is 33.8 Å². The molecule has 0 aliphatic carbocycles. The number of fused-ring (bicyclic) bond motifs is 5. The van der Waals surface area contributed by atoms with Crippen LogP contribution in [0.1, 0.15) is 95.0 Å². The van der Waals surface area contributed by atoms with Gasteiger partial charge in [-0.1, -0.05) is 63.6 Å². The lowest BCUT2D eigenvalue weighted by atomic mass is 9.89. The number of benzene rings is 4. The SMILES string of the molecule is CCCCNC(=O)Nc1cccc(S(=O)(=O)Nc2cccc(C(CC(=O)[O-])NC(=O)Nc3ccc(NC(=S)N[C@@H](C)C(=O)N4CCC[C@H]4C(=O)N[C@H](C(=O)O[C@]4(C)C(=O)OCc5c4cc4n(c5=O)Cc5cc6ccccc6nc5-4)C(C)C)cc3)c2)c1. The Morgan fingerprint density at radius 2 is 1.55 bits per heavy atom. The summed E-state index contributed by atoms with van der Waals surface area (Å²) in [5.74, 6) is -4.96. The summed E-state index contributed by atoms with van der Waals surface area (Å²) in [6, 6.07) is 23.2. The molecule has 450 valence electrons. The first-order valence-electron chi connectivity index (χ1n) is 27.9. The minimum absolute atomic E-state index is 0.0485. The number of urea groups is 2. The number of likely N-dealkylation sites (tertiary alicyclic amines) is 1. The van der Waals surface area contributed by atoms with Crippen LogP contribution in [0.3, 0.4) is 0 Å². The number of para-hydroxylation sites is 1. The van der Waals surface area contributed by atoms with Gasteiger partial charge in [-0.3, -0.25) is 19.1 Å². The Morgan fingerprint density at radius 3 is 2.28 bits per heavy atom. The van der Waals surface area contributed by atoms with E-state index in [-0.39, 0.29) is 64.2 Å². The van der Waals surface area contributed by atoms with E-state index < -0.39 is 99.5 Å². The largest absolute Gasteiger partial charge is 0.550 e. The number of sulfonamides is 1. The number of hydrogen-bond acceptors (Lipinski definition) is 15. The molecule has 3 aliphatic rings. The monoisotopic (exact) mass is 1210 g/mol. The van der Waals surface area contributed by atoms with Crippen molar-refractivity contribution in [3.8, 4) is 11.4 Å². The fraction of sp³-hybridized carbons (Fsp3) is 0.333. The molecule has 4 aromatic carbocycles. The number of cyclic esters (lactones) is 1. The van der Waals surface area contributed by atoms with Crippen molar-refractivity contribution in [3.63, 3.8) is 0 Å². The molecule has 2 aromatic heterocycles. The smallest absolute Gasteiger partial charge is 0.355 e. The molecular weight excluding hydrogens is 1150 g/mol. The lowest BCUT2D eigenvalue weighted by molar-refractivity contribution is -0.306. The summed E-state index contributed by atoms with van der Waals surface area (Å²) in [4.78, 5) is 113. The second kappa shape index (κ2) is 25.8. The Hall–Kier alpha value is -9.43. The van der Waals surface area contributed by atoms with Crippen molar-refractivity contribution >= 4 is 103 Å². The first-order valence-corrected chi connectivity index (χ1v) is 29.8. The van der Waals surface area contributed by atoms with Crippen molar-refractivity contribution in [1.29, 1.82) is 0 Å². The fourth-order valence-electron chi connectivity index (χ4n) is 10.5. The number of amides is 6. The van der Waals surface area contributed by atoms with E-state index in [4.69, 9.17) is 26.7 Å². The first-order chi connectivity index (χ1) is 41.0. The number of carboxylic acid groups (broad SMARTS) is 1. The number of hydrogen-bond donors (Lipinski definition) is 8. The number of nitrogens with zero attached hydrogens (tertiary/aromatic N) is 3. The minimum atomic E-state index is -4.21. The second-order valence-corrected chi connectivity index (χ2v) is 23.7. The van der Waals surface area contributed by atoms with Crippen LogP contribution < -0.4 is 52.6 Å². The molecule has 26 heteroatoms. The molecule has 24 nitrogen and oxygen atoms in total. The molecule has 86 heavy (non-hydrogen) atoms. The zero-order chi connectivity index (χ0) is 61.6. The molecule has 3 aliphatic heterocycles. The summed E-state index contributed by atoms with van der Waals surface area (Å²) >= 11 is 5.54. The van der Waals surface area contributed by atoms with Gasteiger partial charge in [-0.2, -0.15) is 0 Å². The molecular formula is C60H64N11O13S2-. The number of anilines is 4. The van der Waals surface area contributed by atoms with Gasteiger partial charge in [0.25, 0.3) is 15.6 Å². The summed E-state index contributed by atoms with van der Waals surface area (Å²) in [5.41, 5.74) is 1.67. The van der Waals surface area contributed by atoms with Gasteiger partial charge in [-0.15, -0.1) is 0 Å². The van der Waals surface area contributed by atoms with Crippen LogP contribution in [-0.4, -0.2) is 101 Å². The van der Waals surface area contributed by atoms with Crippen LogP contribution in [0.4, 0.5) is 32.3 Å². The van der Waals surface area contributed by atoms with Gasteiger partial charge in [-0.25, -0.2) is 32.6 Å². The Morgan fingerprint density at radius 1 is 0.837 bits per heavy atom. The number of ether oxygens (including phenoxy) is 2. The highest BCUT2D eigenvalue weighted by Crippen LogP contribution is 2.40. The van der Waals surface area contributed by atoms with E-state index in [0.717, 1.165) is 23.8 Å². The zero-order valence-corrected chi connectivity index (χ0v) is 49.2. The van der Waals surface area contributed by atoms with Crippen LogP contribution in [0, 0.1) is 5.92 Å². The molecule has 1 saturated heterocycles. The van der Waals surface area contributed by atoms with Crippen LogP contribution in [0.2, 0.25) is 0 Å². The van der Waals surface area contributed by atoms with E-state index in [1.165, 1.54) is 72.5 Å². The number of thiocarbonyl (C=S) groups is 1. The number of carbonyl (C=O) groups is 7. The van der Waals surface area contributed by atoms with Gasteiger partial charge in [0.1, 0.15) is 24.7 Å². The molecule has 1 fully saturated rings. The van der Waals surface area contributed by atoms with E-state index in [9.17, 15) is 51.9 Å². The van der Waals surface area contributed by atoms with Crippen molar-refractivity contribution < 1.29 is 56.6 Å². The molecule has 5 atom stereocenters. The first kappa shape index (κ1) is 61.1. The Balaban J connectivity index is 0.774. The third kappa shape index (κ3) is 13.7. The number of aliphatic carboxylic acids is 1. The predicted octanol–water partition coefficient (Wildman–Crippen LogP) is 5.47. The maximum Gasteiger partial charge on any atom is 0.355 e. The fourth-order valence-corrected chi connectivity index (χ4v) is 11.8. The molecule has 0 radical (unpaired) electrons.